The number of rotatable bonds is 13. The summed E-state index contributed by atoms with van der Waals surface area (Å²) in [5, 5.41) is 2.27. The van der Waals surface area contributed by atoms with Crippen LogP contribution in [0.2, 0.25) is 0 Å². The minimum atomic E-state index is 0. The van der Waals surface area contributed by atoms with Crippen molar-refractivity contribution in [2.24, 2.45) is 11.8 Å². The van der Waals surface area contributed by atoms with Gasteiger partial charge in [0.05, 0.1) is 19.8 Å². The molecule has 0 bridgehead atoms. The first kappa shape index (κ1) is 28.8. The summed E-state index contributed by atoms with van der Waals surface area (Å²) in [4.78, 5) is 0. The molecule has 0 unspecified atom stereocenters. The predicted octanol–water partition coefficient (Wildman–Crippen LogP) is 4.07. The normalized spacial score (nSPS) is 11.2. The molecule has 198 valence electrons. The number of benzene rings is 3. The van der Waals surface area contributed by atoms with E-state index in [1.54, 1.807) is 0 Å². The molecule has 4 aromatic rings. The lowest BCUT2D eigenvalue weighted by molar-refractivity contribution is -0.687. The lowest BCUT2D eigenvalue weighted by Crippen LogP contribution is -3.00. The SMILES string of the molecule is CC(C)CCOc1cc(CCn2cc[n+](Cc3ccccc3)c2)c(OCCC(C)C)c2ccccc12.[Br-]. The molecular formula is C32H41BrN2O2. The number of fused-ring (bicyclic) bond motifs is 1. The number of imidazole rings is 1. The molecule has 0 fully saturated rings. The quantitative estimate of drug-likeness (QED) is 0.229. The third-order valence-corrected chi connectivity index (χ3v) is 6.52. The summed E-state index contributed by atoms with van der Waals surface area (Å²) in [5.74, 6) is 3.19. The van der Waals surface area contributed by atoms with Crippen LogP contribution in [0.5, 0.6) is 11.5 Å². The molecule has 0 radical (unpaired) electrons. The molecule has 0 aliphatic rings. The molecule has 5 heteroatoms. The van der Waals surface area contributed by atoms with E-state index in [1.165, 1.54) is 11.1 Å². The molecule has 1 aromatic heterocycles. The molecular weight excluding hydrogens is 524 g/mol. The molecule has 1 heterocycles. The highest BCUT2D eigenvalue weighted by Crippen LogP contribution is 2.37. The second-order valence-corrected chi connectivity index (χ2v) is 10.5. The minimum Gasteiger partial charge on any atom is -1.00 e. The van der Waals surface area contributed by atoms with Gasteiger partial charge in [0, 0.05) is 22.8 Å². The van der Waals surface area contributed by atoms with Crippen molar-refractivity contribution >= 4 is 10.8 Å². The van der Waals surface area contributed by atoms with Gasteiger partial charge in [-0.2, -0.15) is 0 Å². The molecule has 4 nitrogen and oxygen atoms in total. The first-order valence-corrected chi connectivity index (χ1v) is 13.4. The van der Waals surface area contributed by atoms with Gasteiger partial charge in [0.15, 0.2) is 0 Å². The summed E-state index contributed by atoms with van der Waals surface area (Å²) in [6, 6.07) is 21.3. The Labute approximate surface area is 233 Å². The maximum atomic E-state index is 6.46. The van der Waals surface area contributed by atoms with E-state index in [9.17, 15) is 0 Å². The smallest absolute Gasteiger partial charge is 0.244 e. The number of hydrogen-bond donors (Lipinski definition) is 0. The molecule has 0 amide bonds. The first-order chi connectivity index (χ1) is 17.5. The Bertz CT molecular complexity index is 1230. The van der Waals surface area contributed by atoms with Crippen molar-refractivity contribution in [3.8, 4) is 11.5 Å². The second-order valence-electron chi connectivity index (χ2n) is 10.5. The van der Waals surface area contributed by atoms with Crippen molar-refractivity contribution in [2.45, 2.75) is 60.0 Å². The summed E-state index contributed by atoms with van der Waals surface area (Å²) in [5.41, 5.74) is 2.51. The fourth-order valence-corrected chi connectivity index (χ4v) is 4.36. The molecule has 3 aromatic carbocycles. The highest BCUT2D eigenvalue weighted by molar-refractivity contribution is 5.94. The standard InChI is InChI=1S/C32H41N2O2.BrH/c1-25(2)15-20-35-31-22-28(32(36-21-16-26(3)4)30-13-9-8-12-29(30)31)14-17-33-18-19-34(24-33)23-27-10-6-5-7-11-27;/h5-13,18-19,22,24-26H,14-17,20-21,23H2,1-4H3;1H/q+1;/p-1. The van der Waals surface area contributed by atoms with Gasteiger partial charge in [0.2, 0.25) is 6.33 Å². The third-order valence-electron chi connectivity index (χ3n) is 6.52. The average molecular weight is 566 g/mol. The van der Waals surface area contributed by atoms with Crippen LogP contribution in [0.1, 0.15) is 51.7 Å². The molecule has 4 rings (SSSR count). The van der Waals surface area contributed by atoms with E-state index >= 15 is 0 Å². The zero-order chi connectivity index (χ0) is 25.3. The summed E-state index contributed by atoms with van der Waals surface area (Å²) in [7, 11) is 0. The minimum absolute atomic E-state index is 0. The van der Waals surface area contributed by atoms with Gasteiger partial charge < -0.3 is 26.5 Å². The Hall–Kier alpha value is -2.79. The van der Waals surface area contributed by atoms with E-state index in [0.717, 1.165) is 67.8 Å². The van der Waals surface area contributed by atoms with Crippen LogP contribution in [-0.2, 0) is 19.5 Å². The van der Waals surface area contributed by atoms with Crippen LogP contribution < -0.4 is 31.0 Å². The topological polar surface area (TPSA) is 27.3 Å². The molecule has 0 aliphatic heterocycles. The van der Waals surface area contributed by atoms with Crippen LogP contribution in [-0.4, -0.2) is 17.8 Å². The summed E-state index contributed by atoms with van der Waals surface area (Å²) in [6.45, 7) is 12.2. The first-order valence-electron chi connectivity index (χ1n) is 13.4. The zero-order valence-corrected chi connectivity index (χ0v) is 24.3. The van der Waals surface area contributed by atoms with E-state index in [2.05, 4.69) is 116 Å². The summed E-state index contributed by atoms with van der Waals surface area (Å²) >= 11 is 0. The Morgan fingerprint density at radius 3 is 2.16 bits per heavy atom. The van der Waals surface area contributed by atoms with Gasteiger partial charge in [0.1, 0.15) is 30.4 Å². The monoisotopic (exact) mass is 564 g/mol. The van der Waals surface area contributed by atoms with Crippen LogP contribution in [0.3, 0.4) is 0 Å². The fourth-order valence-electron chi connectivity index (χ4n) is 4.36. The Kier molecular flexibility index (Phi) is 11.1. The summed E-state index contributed by atoms with van der Waals surface area (Å²) in [6.07, 6.45) is 9.45. The van der Waals surface area contributed by atoms with Gasteiger partial charge in [-0.25, -0.2) is 9.13 Å². The second kappa shape index (κ2) is 14.2. The summed E-state index contributed by atoms with van der Waals surface area (Å²) < 4.78 is 17.3. The van der Waals surface area contributed by atoms with Gasteiger partial charge in [-0.1, -0.05) is 82.3 Å². The molecule has 0 saturated carbocycles. The van der Waals surface area contributed by atoms with Gasteiger partial charge in [-0.15, -0.1) is 0 Å². The van der Waals surface area contributed by atoms with Crippen molar-refractivity contribution in [1.82, 2.24) is 4.57 Å². The van der Waals surface area contributed by atoms with E-state index in [-0.39, 0.29) is 17.0 Å². The van der Waals surface area contributed by atoms with Gasteiger partial charge >= 0.3 is 0 Å². The van der Waals surface area contributed by atoms with Crippen LogP contribution in [0.15, 0.2) is 79.4 Å². The lowest BCUT2D eigenvalue weighted by atomic mass is 10.0. The lowest BCUT2D eigenvalue weighted by Gasteiger charge is -2.18. The van der Waals surface area contributed by atoms with E-state index in [1.807, 2.05) is 0 Å². The van der Waals surface area contributed by atoms with Crippen molar-refractivity contribution in [2.75, 3.05) is 13.2 Å². The molecule has 0 atom stereocenters. The van der Waals surface area contributed by atoms with Crippen LogP contribution in [0.25, 0.3) is 10.8 Å². The van der Waals surface area contributed by atoms with Crippen LogP contribution in [0.4, 0.5) is 0 Å². The van der Waals surface area contributed by atoms with E-state index < -0.39 is 0 Å². The maximum Gasteiger partial charge on any atom is 0.244 e. The van der Waals surface area contributed by atoms with E-state index in [0.29, 0.717) is 11.8 Å². The van der Waals surface area contributed by atoms with Crippen molar-refractivity contribution in [3.63, 3.8) is 0 Å². The number of hydrogen-bond acceptors (Lipinski definition) is 2. The molecule has 0 N–H and O–H groups in total. The largest absolute Gasteiger partial charge is 1.00 e. The third kappa shape index (κ3) is 8.36. The van der Waals surface area contributed by atoms with Crippen molar-refractivity contribution < 1.29 is 31.0 Å². The number of aromatic nitrogens is 2. The molecule has 0 saturated heterocycles. The highest BCUT2D eigenvalue weighted by Gasteiger charge is 2.16. The number of halogens is 1. The average Bonchev–Trinajstić information content (AvgIpc) is 3.31. The Morgan fingerprint density at radius 1 is 0.811 bits per heavy atom. The Morgan fingerprint density at radius 2 is 1.46 bits per heavy atom. The maximum absolute atomic E-state index is 6.46. The van der Waals surface area contributed by atoms with Crippen molar-refractivity contribution in [3.05, 3.63) is 90.5 Å². The highest BCUT2D eigenvalue weighted by atomic mass is 79.9. The van der Waals surface area contributed by atoms with Crippen molar-refractivity contribution in [1.29, 1.82) is 0 Å². The Balaban J connectivity index is 0.00000380. The van der Waals surface area contributed by atoms with Gasteiger partial charge in [-0.3, -0.25) is 0 Å². The van der Waals surface area contributed by atoms with Gasteiger partial charge in [0.25, 0.3) is 0 Å². The van der Waals surface area contributed by atoms with E-state index in [4.69, 9.17) is 9.47 Å². The predicted molar refractivity (Wildman–Crippen MR) is 148 cm³/mol. The molecule has 0 aliphatic carbocycles. The molecule has 0 spiro atoms. The zero-order valence-electron chi connectivity index (χ0n) is 22.7. The van der Waals surface area contributed by atoms with Crippen LogP contribution in [0, 0.1) is 11.8 Å². The molecule has 37 heavy (non-hydrogen) atoms. The number of nitrogens with zero attached hydrogens (tertiary/aromatic N) is 2. The number of aryl methyl sites for hydroxylation is 2. The number of ether oxygens (including phenoxy) is 2. The van der Waals surface area contributed by atoms with Gasteiger partial charge in [-0.05, 0) is 36.3 Å². The fraction of sp³-hybridized carbons (Fsp3) is 0.406. The van der Waals surface area contributed by atoms with Crippen LogP contribution >= 0.6 is 0 Å².